The Balaban J connectivity index is 0.00000361. The molecule has 2 N–H and O–H groups in total. The van der Waals surface area contributed by atoms with E-state index in [4.69, 9.17) is 0 Å². The summed E-state index contributed by atoms with van der Waals surface area (Å²) in [7, 11) is 0. The number of likely N-dealkylation sites (tertiary alicyclic amines) is 1. The highest BCUT2D eigenvalue weighted by Crippen LogP contribution is 2.12. The van der Waals surface area contributed by atoms with Gasteiger partial charge in [0.05, 0.1) is 6.54 Å². The van der Waals surface area contributed by atoms with Crippen LogP contribution in [0.3, 0.4) is 0 Å². The molecule has 1 rings (SSSR count). The van der Waals surface area contributed by atoms with Crippen LogP contribution in [-0.2, 0) is 0 Å². The normalized spacial score (nSPS) is 17.9. The summed E-state index contributed by atoms with van der Waals surface area (Å²) in [6.07, 6.45) is 4.55. The second-order valence-electron chi connectivity index (χ2n) is 5.30. The van der Waals surface area contributed by atoms with E-state index in [9.17, 15) is 0 Å². The molecule has 0 aromatic carbocycles. The van der Waals surface area contributed by atoms with Gasteiger partial charge in [0.2, 0.25) is 0 Å². The predicted molar refractivity (Wildman–Crippen MR) is 103 cm³/mol. The molecule has 0 aromatic rings. The van der Waals surface area contributed by atoms with Crippen LogP contribution in [0.15, 0.2) is 4.99 Å². The number of halogens is 1. The van der Waals surface area contributed by atoms with Gasteiger partial charge in [-0.2, -0.15) is 11.8 Å². The average Bonchev–Trinajstić information content (AvgIpc) is 2.40. The van der Waals surface area contributed by atoms with E-state index in [1.807, 2.05) is 11.8 Å². The summed E-state index contributed by atoms with van der Waals surface area (Å²) in [5.41, 5.74) is 0. The Bertz CT molecular complexity index is 266. The van der Waals surface area contributed by atoms with E-state index in [1.54, 1.807) is 0 Å². The first kappa shape index (κ1) is 20.3. The molecular formula is C14H31IN4S. The van der Waals surface area contributed by atoms with E-state index in [0.29, 0.717) is 12.1 Å². The molecular weight excluding hydrogens is 383 g/mol. The first-order valence-electron chi connectivity index (χ1n) is 7.45. The van der Waals surface area contributed by atoms with Crippen molar-refractivity contribution in [1.82, 2.24) is 15.5 Å². The van der Waals surface area contributed by atoms with E-state index in [2.05, 4.69) is 47.6 Å². The highest BCUT2D eigenvalue weighted by Gasteiger charge is 2.21. The van der Waals surface area contributed by atoms with Gasteiger partial charge >= 0.3 is 0 Å². The molecule has 1 saturated heterocycles. The van der Waals surface area contributed by atoms with Crippen molar-refractivity contribution in [2.45, 2.75) is 45.7 Å². The molecule has 120 valence electrons. The molecule has 0 radical (unpaired) electrons. The van der Waals surface area contributed by atoms with Crippen LogP contribution in [0.25, 0.3) is 0 Å². The number of nitrogens with zero attached hydrogens (tertiary/aromatic N) is 2. The molecule has 0 aliphatic carbocycles. The molecule has 0 aromatic heterocycles. The third kappa shape index (κ3) is 7.93. The highest BCUT2D eigenvalue weighted by molar-refractivity contribution is 14.0. The first-order valence-corrected chi connectivity index (χ1v) is 8.84. The molecule has 1 aliphatic heterocycles. The molecule has 4 nitrogen and oxygen atoms in total. The molecule has 0 saturated carbocycles. The van der Waals surface area contributed by atoms with Crippen LogP contribution in [-0.4, -0.2) is 61.1 Å². The lowest BCUT2D eigenvalue weighted by Crippen LogP contribution is -2.49. The van der Waals surface area contributed by atoms with E-state index in [-0.39, 0.29) is 24.0 Å². The fourth-order valence-corrected chi connectivity index (χ4v) is 2.60. The standard InChI is InChI=1S/C14H30N4S.HI/c1-5-15-14(16-8-11-19-4)17-13-6-9-18(10-7-13)12(2)3;/h12-13H,5-11H2,1-4H3,(H2,15,16,17);1H. The maximum atomic E-state index is 4.61. The number of nitrogens with one attached hydrogen (secondary N) is 2. The lowest BCUT2D eigenvalue weighted by atomic mass is 10.0. The van der Waals surface area contributed by atoms with Crippen molar-refractivity contribution in [1.29, 1.82) is 0 Å². The minimum atomic E-state index is 0. The number of rotatable bonds is 6. The number of thioether (sulfide) groups is 1. The summed E-state index contributed by atoms with van der Waals surface area (Å²) in [4.78, 5) is 7.16. The Kier molecular flexibility index (Phi) is 12.1. The zero-order valence-corrected chi connectivity index (χ0v) is 16.5. The zero-order valence-electron chi connectivity index (χ0n) is 13.3. The van der Waals surface area contributed by atoms with Crippen LogP contribution in [0.4, 0.5) is 0 Å². The van der Waals surface area contributed by atoms with Gasteiger partial charge in [-0.25, -0.2) is 0 Å². The Labute approximate surface area is 145 Å². The Morgan fingerprint density at radius 3 is 2.50 bits per heavy atom. The quantitative estimate of drug-likeness (QED) is 0.303. The van der Waals surface area contributed by atoms with E-state index in [1.165, 1.54) is 25.9 Å². The molecule has 0 unspecified atom stereocenters. The fraction of sp³-hybridized carbons (Fsp3) is 0.929. The number of hydrogen-bond donors (Lipinski definition) is 2. The van der Waals surface area contributed by atoms with Crippen molar-refractivity contribution < 1.29 is 0 Å². The van der Waals surface area contributed by atoms with Gasteiger partial charge in [0.15, 0.2) is 5.96 Å². The monoisotopic (exact) mass is 414 g/mol. The minimum absolute atomic E-state index is 0. The van der Waals surface area contributed by atoms with Crippen molar-refractivity contribution >= 4 is 41.7 Å². The Hall–Kier alpha value is 0.310. The summed E-state index contributed by atoms with van der Waals surface area (Å²) < 4.78 is 0. The van der Waals surface area contributed by atoms with Crippen LogP contribution in [0.5, 0.6) is 0 Å². The molecule has 1 fully saturated rings. The van der Waals surface area contributed by atoms with Gasteiger partial charge in [0, 0.05) is 37.5 Å². The third-order valence-electron chi connectivity index (χ3n) is 3.51. The summed E-state index contributed by atoms with van der Waals surface area (Å²) in [6, 6.07) is 1.24. The maximum Gasteiger partial charge on any atom is 0.191 e. The summed E-state index contributed by atoms with van der Waals surface area (Å²) in [5, 5.41) is 6.92. The number of piperidine rings is 1. The molecule has 1 heterocycles. The predicted octanol–water partition coefficient (Wildman–Crippen LogP) is 2.40. The third-order valence-corrected chi connectivity index (χ3v) is 4.10. The second kappa shape index (κ2) is 11.9. The van der Waals surface area contributed by atoms with Crippen molar-refractivity contribution in [2.75, 3.05) is 38.2 Å². The lowest BCUT2D eigenvalue weighted by molar-refractivity contribution is 0.167. The van der Waals surface area contributed by atoms with Crippen molar-refractivity contribution in [3.05, 3.63) is 0 Å². The number of guanidine groups is 1. The highest BCUT2D eigenvalue weighted by atomic mass is 127. The first-order chi connectivity index (χ1) is 9.17. The van der Waals surface area contributed by atoms with Gasteiger partial charge < -0.3 is 15.5 Å². The lowest BCUT2D eigenvalue weighted by Gasteiger charge is -2.35. The maximum absolute atomic E-state index is 4.61. The van der Waals surface area contributed by atoms with Crippen molar-refractivity contribution in [3.63, 3.8) is 0 Å². The summed E-state index contributed by atoms with van der Waals surface area (Å²) in [5.74, 6) is 2.07. The second-order valence-corrected chi connectivity index (χ2v) is 6.29. The molecule has 20 heavy (non-hydrogen) atoms. The molecule has 6 heteroatoms. The smallest absolute Gasteiger partial charge is 0.191 e. The molecule has 0 atom stereocenters. The van der Waals surface area contributed by atoms with Gasteiger partial charge in [-0.15, -0.1) is 24.0 Å². The van der Waals surface area contributed by atoms with Crippen LogP contribution < -0.4 is 10.6 Å². The number of hydrogen-bond acceptors (Lipinski definition) is 3. The Morgan fingerprint density at radius 2 is 2.00 bits per heavy atom. The van der Waals surface area contributed by atoms with Gasteiger partial charge in [0.25, 0.3) is 0 Å². The summed E-state index contributed by atoms with van der Waals surface area (Å²) >= 11 is 1.84. The van der Waals surface area contributed by atoms with Crippen LogP contribution in [0.2, 0.25) is 0 Å². The topological polar surface area (TPSA) is 39.7 Å². The van der Waals surface area contributed by atoms with Crippen LogP contribution >= 0.6 is 35.7 Å². The molecule has 1 aliphatic rings. The van der Waals surface area contributed by atoms with Gasteiger partial charge in [0.1, 0.15) is 0 Å². The van der Waals surface area contributed by atoms with E-state index >= 15 is 0 Å². The van der Waals surface area contributed by atoms with E-state index in [0.717, 1.165) is 24.8 Å². The Morgan fingerprint density at radius 1 is 1.35 bits per heavy atom. The van der Waals surface area contributed by atoms with Crippen LogP contribution in [0, 0.1) is 0 Å². The zero-order chi connectivity index (χ0) is 14.1. The SMILES string of the molecule is CCNC(=NCCSC)NC1CCN(C(C)C)CC1.I. The fourth-order valence-electron chi connectivity index (χ4n) is 2.32. The van der Waals surface area contributed by atoms with Crippen LogP contribution in [0.1, 0.15) is 33.6 Å². The van der Waals surface area contributed by atoms with Gasteiger partial charge in [-0.05, 0) is 39.9 Å². The molecule has 0 spiro atoms. The molecule has 0 amide bonds. The van der Waals surface area contributed by atoms with E-state index < -0.39 is 0 Å². The number of aliphatic imine (C=N–C) groups is 1. The van der Waals surface area contributed by atoms with Crippen molar-refractivity contribution in [3.8, 4) is 0 Å². The minimum Gasteiger partial charge on any atom is -0.357 e. The van der Waals surface area contributed by atoms with Gasteiger partial charge in [-0.3, -0.25) is 4.99 Å². The van der Waals surface area contributed by atoms with Crippen molar-refractivity contribution in [2.24, 2.45) is 4.99 Å². The molecule has 0 bridgehead atoms. The average molecular weight is 414 g/mol. The van der Waals surface area contributed by atoms with Gasteiger partial charge in [-0.1, -0.05) is 0 Å². The summed E-state index contributed by atoms with van der Waals surface area (Å²) in [6.45, 7) is 10.9. The largest absolute Gasteiger partial charge is 0.357 e.